The zero-order chi connectivity index (χ0) is 26.6. The molecule has 0 aliphatic rings. The molecule has 3 heterocycles. The Morgan fingerprint density at radius 1 is 1.13 bits per heavy atom. The van der Waals surface area contributed by atoms with Gasteiger partial charge in [-0.2, -0.15) is 0 Å². The van der Waals surface area contributed by atoms with Crippen LogP contribution in [0.5, 0.6) is 0 Å². The summed E-state index contributed by atoms with van der Waals surface area (Å²) in [7, 11) is 0. The standard InChI is InChI=1S/C28H28ClN5O4/c1-3-5-6-11-23-30-25(29)24(27(35)37-4-2)34(23)17-18-12-13-21-19(16-18)14-15-33(21)22-10-8-7-9-20(22)26-31-28(36)38-32-26/h7-10,12-16H,3-6,11,17H2,1-2H3,(H,31,32,36). The van der Waals surface area contributed by atoms with Crippen molar-refractivity contribution >= 4 is 28.5 Å². The molecule has 9 nitrogen and oxygen atoms in total. The molecule has 0 unspecified atom stereocenters. The van der Waals surface area contributed by atoms with Gasteiger partial charge in [-0.1, -0.05) is 54.7 Å². The number of hydrogen-bond donors (Lipinski definition) is 1. The normalized spacial score (nSPS) is 11.3. The number of aromatic amines is 1. The Bertz CT molecular complexity index is 1640. The van der Waals surface area contributed by atoms with Crippen molar-refractivity contribution < 1.29 is 14.1 Å². The number of carbonyl (C=O) groups excluding carboxylic acids is 1. The summed E-state index contributed by atoms with van der Waals surface area (Å²) >= 11 is 6.42. The number of hydrogen-bond acceptors (Lipinski definition) is 6. The number of nitrogens with one attached hydrogen (secondary N) is 1. The molecule has 5 rings (SSSR count). The van der Waals surface area contributed by atoms with Gasteiger partial charge in [0.1, 0.15) is 5.82 Å². The Labute approximate surface area is 224 Å². The van der Waals surface area contributed by atoms with Gasteiger partial charge in [-0.25, -0.2) is 14.6 Å². The van der Waals surface area contributed by atoms with Crippen molar-refractivity contribution in [2.45, 2.75) is 46.1 Å². The third-order valence-electron chi connectivity index (χ3n) is 6.43. The van der Waals surface area contributed by atoms with E-state index in [4.69, 9.17) is 20.9 Å². The van der Waals surface area contributed by atoms with E-state index in [1.807, 2.05) is 57.8 Å². The number of aryl methyl sites for hydroxylation is 1. The van der Waals surface area contributed by atoms with Crippen LogP contribution in [-0.2, 0) is 17.7 Å². The molecule has 2 aromatic carbocycles. The average molecular weight is 534 g/mol. The van der Waals surface area contributed by atoms with Crippen LogP contribution in [0.4, 0.5) is 0 Å². The smallest absolute Gasteiger partial charge is 0.439 e. The fraction of sp³-hybridized carbons (Fsp3) is 0.286. The van der Waals surface area contributed by atoms with Crippen molar-refractivity contribution in [2.75, 3.05) is 6.61 Å². The molecule has 0 spiro atoms. The van der Waals surface area contributed by atoms with Crippen LogP contribution in [0, 0.1) is 0 Å². The first-order valence-electron chi connectivity index (χ1n) is 12.7. The highest BCUT2D eigenvalue weighted by molar-refractivity contribution is 6.32. The molecule has 0 atom stereocenters. The number of imidazole rings is 1. The molecule has 1 N–H and O–H groups in total. The lowest BCUT2D eigenvalue weighted by Crippen LogP contribution is -2.15. The van der Waals surface area contributed by atoms with E-state index < -0.39 is 11.7 Å². The Morgan fingerprint density at radius 2 is 1.97 bits per heavy atom. The summed E-state index contributed by atoms with van der Waals surface area (Å²) in [5.41, 5.74) is 3.85. The van der Waals surface area contributed by atoms with Crippen LogP contribution in [0.25, 0.3) is 28.0 Å². The maximum atomic E-state index is 12.7. The van der Waals surface area contributed by atoms with Crippen molar-refractivity contribution in [3.63, 3.8) is 0 Å². The summed E-state index contributed by atoms with van der Waals surface area (Å²) in [6, 6.07) is 15.8. The van der Waals surface area contributed by atoms with E-state index in [1.54, 1.807) is 6.92 Å². The molecule has 0 aliphatic heterocycles. The topological polar surface area (TPSA) is 108 Å². The molecule has 0 bridgehead atoms. The maximum Gasteiger partial charge on any atom is 0.439 e. The van der Waals surface area contributed by atoms with E-state index in [-0.39, 0.29) is 17.5 Å². The fourth-order valence-electron chi connectivity index (χ4n) is 4.67. The first kappa shape index (κ1) is 25.5. The average Bonchev–Trinajstić information content (AvgIpc) is 3.61. The molecule has 0 radical (unpaired) electrons. The zero-order valence-electron chi connectivity index (χ0n) is 21.2. The Morgan fingerprint density at radius 3 is 2.74 bits per heavy atom. The second kappa shape index (κ2) is 11.1. The minimum atomic E-state index is -0.604. The summed E-state index contributed by atoms with van der Waals surface area (Å²) in [5, 5.41) is 5.04. The van der Waals surface area contributed by atoms with Crippen LogP contribution in [0.2, 0.25) is 5.15 Å². The summed E-state index contributed by atoms with van der Waals surface area (Å²) in [6.45, 7) is 4.61. The van der Waals surface area contributed by atoms with E-state index in [0.717, 1.165) is 59.2 Å². The molecule has 38 heavy (non-hydrogen) atoms. The molecule has 5 aromatic rings. The number of rotatable bonds is 10. The quantitative estimate of drug-likeness (QED) is 0.180. The van der Waals surface area contributed by atoms with Gasteiger partial charge in [0.05, 0.1) is 17.8 Å². The van der Waals surface area contributed by atoms with Gasteiger partial charge in [0.15, 0.2) is 16.7 Å². The minimum absolute atomic E-state index is 0.171. The highest BCUT2D eigenvalue weighted by Crippen LogP contribution is 2.29. The van der Waals surface area contributed by atoms with Crippen LogP contribution in [0.15, 0.2) is 64.0 Å². The molecule has 0 aliphatic carbocycles. The van der Waals surface area contributed by atoms with Gasteiger partial charge in [-0.3, -0.25) is 9.51 Å². The zero-order valence-corrected chi connectivity index (χ0v) is 22.0. The number of halogens is 1. The largest absolute Gasteiger partial charge is 0.461 e. The van der Waals surface area contributed by atoms with Crippen LogP contribution in [0.1, 0.15) is 55.0 Å². The molecule has 0 saturated heterocycles. The number of ether oxygens (including phenoxy) is 1. The molecular weight excluding hydrogens is 506 g/mol. The van der Waals surface area contributed by atoms with Crippen LogP contribution in [0.3, 0.4) is 0 Å². The molecule has 0 saturated carbocycles. The van der Waals surface area contributed by atoms with Crippen LogP contribution in [-0.4, -0.2) is 36.8 Å². The lowest BCUT2D eigenvalue weighted by Gasteiger charge is -2.13. The third-order valence-corrected chi connectivity index (χ3v) is 6.69. The fourth-order valence-corrected chi connectivity index (χ4v) is 4.94. The number of fused-ring (bicyclic) bond motifs is 1. The second-order valence-electron chi connectivity index (χ2n) is 8.97. The van der Waals surface area contributed by atoms with E-state index in [2.05, 4.69) is 28.1 Å². The number of unbranched alkanes of at least 4 members (excludes halogenated alkanes) is 2. The molecule has 0 fully saturated rings. The van der Waals surface area contributed by atoms with Crippen molar-refractivity contribution in [3.05, 3.63) is 87.5 Å². The monoisotopic (exact) mass is 533 g/mol. The van der Waals surface area contributed by atoms with Crippen molar-refractivity contribution in [1.29, 1.82) is 0 Å². The van der Waals surface area contributed by atoms with E-state index in [0.29, 0.717) is 12.4 Å². The summed E-state index contributed by atoms with van der Waals surface area (Å²) in [4.78, 5) is 31.4. The number of nitrogens with zero attached hydrogens (tertiary/aromatic N) is 4. The van der Waals surface area contributed by atoms with Crippen molar-refractivity contribution in [3.8, 4) is 17.1 Å². The predicted octanol–water partition coefficient (Wildman–Crippen LogP) is 5.78. The Hall–Kier alpha value is -4.11. The van der Waals surface area contributed by atoms with Gasteiger partial charge in [0, 0.05) is 30.1 Å². The van der Waals surface area contributed by atoms with Crippen molar-refractivity contribution in [2.24, 2.45) is 0 Å². The van der Waals surface area contributed by atoms with E-state index >= 15 is 0 Å². The maximum absolute atomic E-state index is 12.7. The molecule has 196 valence electrons. The molecule has 0 amide bonds. The number of H-pyrrole nitrogens is 1. The van der Waals surface area contributed by atoms with Gasteiger partial charge in [0.25, 0.3) is 0 Å². The van der Waals surface area contributed by atoms with Crippen LogP contribution >= 0.6 is 11.6 Å². The summed E-state index contributed by atoms with van der Waals surface area (Å²) in [6.07, 6.45) is 5.82. The summed E-state index contributed by atoms with van der Waals surface area (Å²) in [5.74, 6) is 0.0667. The highest BCUT2D eigenvalue weighted by atomic mass is 35.5. The Balaban J connectivity index is 1.51. The second-order valence-corrected chi connectivity index (χ2v) is 9.33. The lowest BCUT2D eigenvalue weighted by atomic mass is 10.1. The minimum Gasteiger partial charge on any atom is -0.461 e. The van der Waals surface area contributed by atoms with Gasteiger partial charge < -0.3 is 13.9 Å². The number of para-hydroxylation sites is 1. The number of aromatic nitrogens is 5. The first-order chi connectivity index (χ1) is 18.5. The van der Waals surface area contributed by atoms with Gasteiger partial charge in [-0.05, 0) is 49.2 Å². The Kier molecular flexibility index (Phi) is 7.46. The number of benzene rings is 2. The van der Waals surface area contributed by atoms with E-state index in [1.165, 1.54) is 0 Å². The van der Waals surface area contributed by atoms with Crippen molar-refractivity contribution in [1.82, 2.24) is 24.3 Å². The van der Waals surface area contributed by atoms with Gasteiger partial charge >= 0.3 is 11.7 Å². The van der Waals surface area contributed by atoms with Gasteiger partial charge in [-0.15, -0.1) is 0 Å². The first-order valence-corrected chi connectivity index (χ1v) is 13.1. The number of esters is 1. The highest BCUT2D eigenvalue weighted by Gasteiger charge is 2.23. The number of carbonyl (C=O) groups is 1. The lowest BCUT2D eigenvalue weighted by molar-refractivity contribution is 0.0514. The van der Waals surface area contributed by atoms with Crippen LogP contribution < -0.4 is 5.76 Å². The third kappa shape index (κ3) is 5.02. The predicted molar refractivity (Wildman–Crippen MR) is 145 cm³/mol. The molecule has 10 heteroatoms. The summed E-state index contributed by atoms with van der Waals surface area (Å²) < 4.78 is 13.9. The SMILES string of the molecule is CCCCCc1nc(Cl)c(C(=O)OCC)n1Cc1ccc2c(ccn2-c2ccccc2-c2noc(=O)[nH]2)c1. The van der Waals surface area contributed by atoms with E-state index in [9.17, 15) is 9.59 Å². The molecule has 3 aromatic heterocycles. The van der Waals surface area contributed by atoms with Gasteiger partial charge in [0.2, 0.25) is 0 Å². The molecular formula is C28H28ClN5O4.